The van der Waals surface area contributed by atoms with Crippen LogP contribution in [0, 0.1) is 17.0 Å². The minimum atomic E-state index is -0.780. The number of halogens is 2. The number of nitrogens with zero attached hydrogens (tertiary/aromatic N) is 4. The smallest absolute Gasteiger partial charge is 0.185 e. The van der Waals surface area contributed by atoms with Crippen molar-refractivity contribution in [1.29, 1.82) is 0 Å². The van der Waals surface area contributed by atoms with Crippen molar-refractivity contribution in [3.8, 4) is 11.4 Å². The van der Waals surface area contributed by atoms with Gasteiger partial charge in [-0.05, 0) is 34.7 Å². The number of rotatable bonds is 3. The number of hydrogen-bond donors (Lipinski definition) is 1. The third kappa shape index (κ3) is 2.59. The molecule has 2 N–H and O–H groups in total. The topological polar surface area (TPSA) is 69.6 Å². The second-order valence-corrected chi connectivity index (χ2v) is 6.03. The van der Waals surface area contributed by atoms with Crippen molar-refractivity contribution in [3.05, 3.63) is 23.8 Å². The summed E-state index contributed by atoms with van der Waals surface area (Å²) in [4.78, 5) is 0. The maximum atomic E-state index is 14.0. The van der Waals surface area contributed by atoms with Crippen LogP contribution in [0.4, 0.5) is 14.5 Å². The molecule has 0 saturated heterocycles. The van der Waals surface area contributed by atoms with Crippen LogP contribution in [0.2, 0.25) is 0 Å². The average Bonchev–Trinajstić information content (AvgIpc) is 3.04. The molecule has 21 heavy (non-hydrogen) atoms. The van der Waals surface area contributed by atoms with E-state index in [0.717, 1.165) is 18.9 Å². The number of nitrogen functional groups attached to an aromatic ring is 1. The van der Waals surface area contributed by atoms with Crippen LogP contribution in [0.1, 0.15) is 32.6 Å². The van der Waals surface area contributed by atoms with Gasteiger partial charge < -0.3 is 5.73 Å². The highest BCUT2D eigenvalue weighted by Crippen LogP contribution is 2.39. The molecule has 112 valence electrons. The first-order valence-electron chi connectivity index (χ1n) is 7.00. The van der Waals surface area contributed by atoms with Crippen LogP contribution in [0.5, 0.6) is 0 Å². The van der Waals surface area contributed by atoms with Gasteiger partial charge in [-0.15, -0.1) is 5.10 Å². The molecule has 0 aliphatic heterocycles. The van der Waals surface area contributed by atoms with Crippen LogP contribution in [0.15, 0.2) is 12.1 Å². The van der Waals surface area contributed by atoms with Crippen molar-refractivity contribution >= 4 is 5.69 Å². The summed E-state index contributed by atoms with van der Waals surface area (Å²) in [5, 5.41) is 11.5. The van der Waals surface area contributed by atoms with E-state index in [-0.39, 0.29) is 22.5 Å². The van der Waals surface area contributed by atoms with Gasteiger partial charge in [0.1, 0.15) is 11.6 Å². The first-order valence-corrected chi connectivity index (χ1v) is 7.00. The Bertz CT molecular complexity index is 661. The second-order valence-electron chi connectivity index (χ2n) is 6.03. The Kier molecular flexibility index (Phi) is 3.35. The van der Waals surface area contributed by atoms with Gasteiger partial charge in [-0.2, -0.15) is 0 Å². The summed E-state index contributed by atoms with van der Waals surface area (Å²) in [7, 11) is 0. The molecule has 0 amide bonds. The van der Waals surface area contributed by atoms with E-state index in [4.69, 9.17) is 5.73 Å². The summed E-state index contributed by atoms with van der Waals surface area (Å²) in [5.41, 5.74) is 5.64. The van der Waals surface area contributed by atoms with E-state index in [1.807, 2.05) is 0 Å². The van der Waals surface area contributed by atoms with Gasteiger partial charge >= 0.3 is 0 Å². The Balaban J connectivity index is 1.97. The van der Waals surface area contributed by atoms with Crippen LogP contribution in [0.25, 0.3) is 11.4 Å². The highest BCUT2D eigenvalue weighted by Gasteiger charge is 2.31. The SMILES string of the molecule is CC1(Cn2nnnc2-c2cc(N)c(F)cc2F)CCCC1. The molecule has 5 nitrogen and oxygen atoms in total. The Morgan fingerprint density at radius 2 is 1.95 bits per heavy atom. The van der Waals surface area contributed by atoms with Crippen LogP contribution < -0.4 is 5.73 Å². The van der Waals surface area contributed by atoms with Crippen molar-refractivity contribution < 1.29 is 8.78 Å². The highest BCUT2D eigenvalue weighted by molar-refractivity contribution is 5.62. The van der Waals surface area contributed by atoms with Gasteiger partial charge in [0, 0.05) is 6.07 Å². The molecule has 1 aliphatic carbocycles. The number of aromatic nitrogens is 4. The maximum absolute atomic E-state index is 14.0. The number of hydrogen-bond acceptors (Lipinski definition) is 4. The van der Waals surface area contributed by atoms with Crippen molar-refractivity contribution in [2.45, 2.75) is 39.2 Å². The lowest BCUT2D eigenvalue weighted by molar-refractivity contribution is 0.267. The first kappa shape index (κ1) is 13.9. The molecule has 7 heteroatoms. The zero-order valence-electron chi connectivity index (χ0n) is 11.8. The molecule has 0 atom stereocenters. The van der Waals surface area contributed by atoms with Gasteiger partial charge in [-0.3, -0.25) is 0 Å². The monoisotopic (exact) mass is 293 g/mol. The molecule has 1 aromatic carbocycles. The molecule has 1 saturated carbocycles. The molecular weight excluding hydrogens is 276 g/mol. The maximum Gasteiger partial charge on any atom is 0.185 e. The largest absolute Gasteiger partial charge is 0.396 e. The fourth-order valence-electron chi connectivity index (χ4n) is 2.99. The summed E-state index contributed by atoms with van der Waals surface area (Å²) >= 11 is 0. The third-order valence-corrected chi connectivity index (χ3v) is 4.20. The fraction of sp³-hybridized carbons (Fsp3) is 0.500. The standard InChI is InChI=1S/C14H17F2N5/c1-14(4-2-3-5-14)8-21-13(18-19-20-21)9-6-12(17)11(16)7-10(9)15/h6-7H,2-5,8,17H2,1H3. The Labute approximate surface area is 121 Å². The van der Waals surface area contributed by atoms with E-state index in [1.54, 1.807) is 4.68 Å². The molecule has 0 spiro atoms. The molecule has 0 unspecified atom stereocenters. The Morgan fingerprint density at radius 3 is 2.67 bits per heavy atom. The lowest BCUT2D eigenvalue weighted by Gasteiger charge is -2.23. The first-order chi connectivity index (χ1) is 9.98. The minimum absolute atomic E-state index is 0.117. The molecule has 1 aromatic heterocycles. The number of nitrogens with two attached hydrogens (primary N) is 1. The molecule has 1 aliphatic rings. The van der Waals surface area contributed by atoms with E-state index >= 15 is 0 Å². The number of tetrazole rings is 1. The zero-order chi connectivity index (χ0) is 15.0. The van der Waals surface area contributed by atoms with Gasteiger partial charge in [0.05, 0.1) is 17.8 Å². The Hall–Kier alpha value is -2.05. The lowest BCUT2D eigenvalue weighted by Crippen LogP contribution is -2.21. The summed E-state index contributed by atoms with van der Waals surface area (Å²) in [6, 6.07) is 2.00. The third-order valence-electron chi connectivity index (χ3n) is 4.20. The minimum Gasteiger partial charge on any atom is -0.396 e. The molecule has 2 aromatic rings. The average molecular weight is 293 g/mol. The number of anilines is 1. The number of benzene rings is 1. The van der Waals surface area contributed by atoms with E-state index in [2.05, 4.69) is 22.4 Å². The molecule has 1 fully saturated rings. The zero-order valence-corrected chi connectivity index (χ0v) is 11.8. The van der Waals surface area contributed by atoms with Gasteiger partial charge in [0.15, 0.2) is 5.82 Å². The summed E-state index contributed by atoms with van der Waals surface area (Å²) in [6.07, 6.45) is 4.57. The van der Waals surface area contributed by atoms with Crippen LogP contribution in [-0.2, 0) is 6.54 Å². The fourth-order valence-corrected chi connectivity index (χ4v) is 2.99. The summed E-state index contributed by atoms with van der Waals surface area (Å²) in [5.74, 6) is -1.21. The van der Waals surface area contributed by atoms with E-state index < -0.39 is 11.6 Å². The molecular formula is C14H17F2N5. The highest BCUT2D eigenvalue weighted by atomic mass is 19.1. The quantitative estimate of drug-likeness (QED) is 0.883. The molecule has 0 radical (unpaired) electrons. The van der Waals surface area contributed by atoms with E-state index in [1.165, 1.54) is 18.9 Å². The summed E-state index contributed by atoms with van der Waals surface area (Å²) < 4.78 is 28.8. The predicted molar refractivity (Wildman–Crippen MR) is 74.2 cm³/mol. The van der Waals surface area contributed by atoms with E-state index in [0.29, 0.717) is 6.54 Å². The predicted octanol–water partition coefficient (Wildman–Crippen LogP) is 2.78. The van der Waals surface area contributed by atoms with Gasteiger partial charge in [0.25, 0.3) is 0 Å². The Morgan fingerprint density at radius 1 is 1.24 bits per heavy atom. The normalized spacial score (nSPS) is 17.3. The van der Waals surface area contributed by atoms with Crippen LogP contribution >= 0.6 is 0 Å². The van der Waals surface area contributed by atoms with Gasteiger partial charge in [-0.25, -0.2) is 13.5 Å². The molecule has 0 bridgehead atoms. The molecule has 1 heterocycles. The van der Waals surface area contributed by atoms with Crippen molar-refractivity contribution in [2.24, 2.45) is 5.41 Å². The van der Waals surface area contributed by atoms with Gasteiger partial charge in [0.2, 0.25) is 0 Å². The van der Waals surface area contributed by atoms with Crippen molar-refractivity contribution in [3.63, 3.8) is 0 Å². The van der Waals surface area contributed by atoms with Crippen molar-refractivity contribution in [1.82, 2.24) is 20.2 Å². The summed E-state index contributed by atoms with van der Waals surface area (Å²) in [6.45, 7) is 2.80. The lowest BCUT2D eigenvalue weighted by atomic mass is 9.89. The van der Waals surface area contributed by atoms with Gasteiger partial charge in [-0.1, -0.05) is 19.8 Å². The van der Waals surface area contributed by atoms with E-state index in [9.17, 15) is 8.78 Å². The van der Waals surface area contributed by atoms with Crippen molar-refractivity contribution in [2.75, 3.05) is 5.73 Å². The second kappa shape index (κ2) is 5.05. The van der Waals surface area contributed by atoms with Crippen LogP contribution in [0.3, 0.4) is 0 Å². The molecule has 3 rings (SSSR count). The van der Waals surface area contributed by atoms with Crippen LogP contribution in [-0.4, -0.2) is 20.2 Å².